The molecule has 0 aromatic carbocycles. The zero-order chi connectivity index (χ0) is 8.65. The molecule has 1 heterocycles. The highest BCUT2D eigenvalue weighted by Gasteiger charge is 2.14. The van der Waals surface area contributed by atoms with Crippen molar-refractivity contribution in [3.05, 3.63) is 11.0 Å². The number of hydrogen-bond acceptors (Lipinski definition) is 4. The first-order valence-electron chi connectivity index (χ1n) is 2.40. The van der Waals surface area contributed by atoms with E-state index in [-0.39, 0.29) is 9.80 Å². The molecule has 0 aliphatic rings. The maximum absolute atomic E-state index is 10.5. The fourth-order valence-corrected chi connectivity index (χ4v) is 1.69. The van der Waals surface area contributed by atoms with Gasteiger partial charge in [-0.05, 0) is 12.2 Å². The van der Waals surface area contributed by atoms with E-state index < -0.39 is 10.1 Å². The van der Waals surface area contributed by atoms with E-state index in [1.807, 2.05) is 0 Å². The van der Waals surface area contributed by atoms with Gasteiger partial charge in [0.25, 0.3) is 0 Å². The van der Waals surface area contributed by atoms with E-state index in [1.165, 1.54) is 0 Å². The van der Waals surface area contributed by atoms with Gasteiger partial charge in [-0.1, -0.05) is 12.8 Å². The summed E-state index contributed by atoms with van der Waals surface area (Å²) in [6, 6.07) is 0. The van der Waals surface area contributed by atoms with Crippen LogP contribution in [-0.4, -0.2) is 21.9 Å². The molecule has 2 N–H and O–H groups in total. The molecule has 0 radical (unpaired) electrons. The number of imidazole rings is 1. The largest absolute Gasteiger partial charge is 0.335 e. The number of nitrogens with one attached hydrogen (secondary N) is 1. The summed E-state index contributed by atoms with van der Waals surface area (Å²) >= 11 is 8.30. The van der Waals surface area contributed by atoms with Gasteiger partial charge in [-0.15, -0.1) is 0 Å². The van der Waals surface area contributed by atoms with Gasteiger partial charge < -0.3 is 4.98 Å². The second-order valence-corrected chi connectivity index (χ2v) is 3.87. The number of aromatic amines is 1. The maximum Gasteiger partial charge on any atom is 0.312 e. The van der Waals surface area contributed by atoms with Crippen LogP contribution in [0, 0.1) is 4.77 Å². The fraction of sp³-hybridized carbons (Fsp3) is 0. The van der Waals surface area contributed by atoms with Crippen LogP contribution in [-0.2, 0) is 10.1 Å². The molecule has 0 saturated heterocycles. The van der Waals surface area contributed by atoms with Crippen molar-refractivity contribution in [3.8, 4) is 0 Å². The molecule has 1 aromatic heterocycles. The Hall–Kier alpha value is -0.310. The molecule has 0 amide bonds. The second-order valence-electron chi connectivity index (χ2n) is 1.72. The lowest BCUT2D eigenvalue weighted by Gasteiger charge is -1.93. The number of nitrogens with zero attached hydrogens (tertiary/aromatic N) is 1. The average molecular weight is 212 g/mol. The molecule has 0 atom stereocenters. The third-order valence-electron chi connectivity index (χ3n) is 0.985. The van der Waals surface area contributed by atoms with Gasteiger partial charge in [0.15, 0.2) is 9.80 Å². The van der Waals surface area contributed by atoms with Crippen LogP contribution < -0.4 is 0 Å². The summed E-state index contributed by atoms with van der Waals surface area (Å²) in [5.41, 5.74) is 0. The van der Waals surface area contributed by atoms with Crippen molar-refractivity contribution in [1.82, 2.24) is 8.96 Å². The van der Waals surface area contributed by atoms with Gasteiger partial charge in [0.2, 0.25) is 0 Å². The van der Waals surface area contributed by atoms with Crippen molar-refractivity contribution in [2.45, 2.75) is 5.03 Å². The lowest BCUT2D eigenvalue weighted by molar-refractivity contribution is 0.479. The van der Waals surface area contributed by atoms with E-state index in [9.17, 15) is 8.42 Å². The quantitative estimate of drug-likeness (QED) is 0.360. The molecule has 1 rings (SSSR count). The molecular weight excluding hydrogens is 208 g/mol. The Morgan fingerprint density at radius 2 is 2.27 bits per heavy atom. The number of aromatic nitrogens is 2. The number of hydrogen-bond donors (Lipinski definition) is 3. The average Bonchev–Trinajstić information content (AvgIpc) is 2.11. The van der Waals surface area contributed by atoms with E-state index in [1.54, 1.807) is 0 Å². The van der Waals surface area contributed by atoms with Gasteiger partial charge in [-0.3, -0.25) is 4.55 Å². The molecular formula is C3H4N2O3S3. The topological polar surface area (TPSA) is 75.1 Å². The summed E-state index contributed by atoms with van der Waals surface area (Å²) in [7, 11) is -4.22. The first-order chi connectivity index (χ1) is 4.93. The minimum atomic E-state index is -4.22. The lowest BCUT2D eigenvalue weighted by Crippen LogP contribution is -2.01. The third-order valence-corrected chi connectivity index (χ3v) is 2.80. The maximum atomic E-state index is 10.5. The van der Waals surface area contributed by atoms with Crippen molar-refractivity contribution in [2.75, 3.05) is 0 Å². The highest BCUT2D eigenvalue weighted by molar-refractivity contribution is 7.87. The molecule has 0 spiro atoms. The highest BCUT2D eigenvalue weighted by Crippen LogP contribution is 2.09. The molecule has 0 unspecified atom stereocenters. The lowest BCUT2D eigenvalue weighted by atomic mass is 11.0. The standard InChI is InChI=1S/C3H4N2O3S3/c6-11(7,8)2-1-4-3(9)5(2)10/h1,10H,(H,4,9)(H,6,7,8). The Morgan fingerprint density at radius 1 is 1.73 bits per heavy atom. The monoisotopic (exact) mass is 212 g/mol. The van der Waals surface area contributed by atoms with E-state index >= 15 is 0 Å². The molecule has 11 heavy (non-hydrogen) atoms. The van der Waals surface area contributed by atoms with Gasteiger partial charge in [0.05, 0.1) is 0 Å². The van der Waals surface area contributed by atoms with Crippen molar-refractivity contribution in [3.63, 3.8) is 0 Å². The second kappa shape index (κ2) is 2.63. The van der Waals surface area contributed by atoms with Crippen LogP contribution in [0.25, 0.3) is 0 Å². The Labute approximate surface area is 73.3 Å². The third kappa shape index (κ3) is 1.64. The Balaban J connectivity index is 3.51. The molecule has 0 bridgehead atoms. The van der Waals surface area contributed by atoms with Crippen molar-refractivity contribution in [2.24, 2.45) is 0 Å². The van der Waals surface area contributed by atoms with E-state index in [4.69, 9.17) is 4.55 Å². The Bertz CT molecular complexity index is 413. The summed E-state index contributed by atoms with van der Waals surface area (Å²) in [5.74, 6) is 0. The van der Waals surface area contributed by atoms with Crippen molar-refractivity contribution in [1.29, 1.82) is 0 Å². The molecule has 0 aliphatic carbocycles. The minimum absolute atomic E-state index is 0.112. The van der Waals surface area contributed by atoms with E-state index in [0.717, 1.165) is 10.2 Å². The van der Waals surface area contributed by atoms with Gasteiger partial charge in [-0.2, -0.15) is 8.42 Å². The highest BCUT2D eigenvalue weighted by atomic mass is 32.2. The molecule has 5 nitrogen and oxygen atoms in total. The van der Waals surface area contributed by atoms with Crippen LogP contribution >= 0.6 is 25.0 Å². The van der Waals surface area contributed by atoms with E-state index in [2.05, 4.69) is 30.0 Å². The summed E-state index contributed by atoms with van der Waals surface area (Å²) in [6.07, 6.45) is 1.06. The molecule has 1 aromatic rings. The summed E-state index contributed by atoms with van der Waals surface area (Å²) in [5, 5.41) is -0.370. The van der Waals surface area contributed by atoms with Crippen LogP contribution in [0.4, 0.5) is 0 Å². The number of H-pyrrole nitrogens is 1. The molecule has 62 valence electrons. The van der Waals surface area contributed by atoms with Gasteiger partial charge in [-0.25, -0.2) is 3.97 Å². The Kier molecular flexibility index (Phi) is 2.10. The normalized spacial score (nSPS) is 11.8. The van der Waals surface area contributed by atoms with Gasteiger partial charge in [0.1, 0.15) is 0 Å². The van der Waals surface area contributed by atoms with Gasteiger partial charge in [0, 0.05) is 6.20 Å². The van der Waals surface area contributed by atoms with Crippen LogP contribution in [0.5, 0.6) is 0 Å². The zero-order valence-electron chi connectivity index (χ0n) is 5.05. The molecule has 0 aliphatic heterocycles. The van der Waals surface area contributed by atoms with Crippen LogP contribution in [0.15, 0.2) is 11.2 Å². The number of rotatable bonds is 1. The Morgan fingerprint density at radius 3 is 2.45 bits per heavy atom. The minimum Gasteiger partial charge on any atom is -0.335 e. The van der Waals surface area contributed by atoms with Crippen molar-refractivity contribution >= 4 is 35.2 Å². The predicted octanol–water partition coefficient (Wildman–Crippen LogP) is 0.485. The van der Waals surface area contributed by atoms with Crippen molar-refractivity contribution < 1.29 is 13.0 Å². The summed E-state index contributed by atoms with van der Waals surface area (Å²) in [4.78, 5) is 2.41. The summed E-state index contributed by atoms with van der Waals surface area (Å²) in [6.45, 7) is 0. The predicted molar refractivity (Wildman–Crippen MR) is 43.8 cm³/mol. The fourth-order valence-electron chi connectivity index (χ4n) is 0.530. The summed E-state index contributed by atoms with van der Waals surface area (Å²) < 4.78 is 30.5. The van der Waals surface area contributed by atoms with Crippen LogP contribution in [0.2, 0.25) is 0 Å². The van der Waals surface area contributed by atoms with Crippen LogP contribution in [0.1, 0.15) is 0 Å². The first kappa shape index (κ1) is 8.78. The molecule has 8 heteroatoms. The van der Waals surface area contributed by atoms with Crippen LogP contribution in [0.3, 0.4) is 0 Å². The van der Waals surface area contributed by atoms with E-state index in [0.29, 0.717) is 0 Å². The zero-order valence-corrected chi connectivity index (χ0v) is 7.58. The van der Waals surface area contributed by atoms with Gasteiger partial charge >= 0.3 is 10.1 Å². The molecule has 0 fully saturated rings. The first-order valence-corrected chi connectivity index (χ1v) is 4.65. The number of thiol groups is 1. The SMILES string of the molecule is O=S(=O)(O)c1c[nH]c(=S)n1S. The molecule has 0 saturated carbocycles. The smallest absolute Gasteiger partial charge is 0.312 e.